The van der Waals surface area contributed by atoms with Crippen molar-refractivity contribution >= 4 is 27.5 Å². The summed E-state index contributed by atoms with van der Waals surface area (Å²) in [7, 11) is 1.49. The highest BCUT2D eigenvalue weighted by atomic mass is 19.1. The van der Waals surface area contributed by atoms with E-state index in [9.17, 15) is 14.3 Å². The number of ether oxygens (including phenoxy) is 1. The van der Waals surface area contributed by atoms with Gasteiger partial charge < -0.3 is 19.2 Å². The number of fused-ring (bicyclic) bond motifs is 2. The molecule has 1 unspecified atom stereocenters. The van der Waals surface area contributed by atoms with Crippen molar-refractivity contribution in [3.63, 3.8) is 0 Å². The van der Waals surface area contributed by atoms with Gasteiger partial charge in [-0.15, -0.1) is 0 Å². The molecule has 2 aromatic heterocycles. The molecule has 1 N–H and O–H groups in total. The fourth-order valence-corrected chi connectivity index (χ4v) is 5.56. The minimum atomic E-state index is -0.601. The van der Waals surface area contributed by atoms with E-state index >= 15 is 0 Å². The van der Waals surface area contributed by atoms with Gasteiger partial charge in [0.15, 0.2) is 5.82 Å². The van der Waals surface area contributed by atoms with Crippen LogP contribution >= 0.6 is 0 Å². The summed E-state index contributed by atoms with van der Waals surface area (Å²) in [4.78, 5) is 24.8. The van der Waals surface area contributed by atoms with Crippen LogP contribution in [0.5, 0.6) is 11.8 Å². The lowest BCUT2D eigenvalue weighted by Gasteiger charge is -2.26. The van der Waals surface area contributed by atoms with E-state index in [1.165, 1.54) is 25.3 Å². The van der Waals surface area contributed by atoms with Crippen molar-refractivity contribution in [3.8, 4) is 23.1 Å². The van der Waals surface area contributed by atoms with Crippen LogP contribution in [0.25, 0.3) is 33.0 Å². The molecule has 1 aliphatic carbocycles. The zero-order valence-corrected chi connectivity index (χ0v) is 19.2. The lowest BCUT2D eigenvalue weighted by molar-refractivity contribution is 0.381. The van der Waals surface area contributed by atoms with E-state index in [2.05, 4.69) is 21.8 Å². The maximum atomic E-state index is 14.9. The highest BCUT2D eigenvalue weighted by Crippen LogP contribution is 2.53. The standard InChI is InChI=1S/C26H24FN3O4/c1-13-11-26(7-8-26)30(12-13)23-20-21(28-25(29-23)33-3)14(2)22(34-24(20)32)17-10-16(31)9-15-5-4-6-18(27)19(15)17/h4-6,9-10,13,31H,7-8,11-12H2,1-3H3. The van der Waals surface area contributed by atoms with Gasteiger partial charge in [0.1, 0.15) is 22.7 Å². The Kier molecular flexibility index (Phi) is 4.40. The van der Waals surface area contributed by atoms with E-state index in [1.807, 2.05) is 0 Å². The zero-order valence-electron chi connectivity index (χ0n) is 19.2. The second-order valence-electron chi connectivity index (χ2n) is 9.58. The number of anilines is 1. The fraction of sp³-hybridized carbons (Fsp3) is 0.346. The first-order valence-corrected chi connectivity index (χ1v) is 11.4. The summed E-state index contributed by atoms with van der Waals surface area (Å²) in [5.74, 6) is 0.632. The molecule has 4 aromatic rings. The van der Waals surface area contributed by atoms with Crippen molar-refractivity contribution in [1.29, 1.82) is 0 Å². The Morgan fingerprint density at radius 3 is 2.76 bits per heavy atom. The fourth-order valence-electron chi connectivity index (χ4n) is 5.56. The summed E-state index contributed by atoms with van der Waals surface area (Å²) in [6, 6.07) is 7.64. The lowest BCUT2D eigenvalue weighted by atomic mass is 9.98. The molecule has 1 spiro atoms. The molecule has 3 heterocycles. The van der Waals surface area contributed by atoms with Crippen LogP contribution in [-0.2, 0) is 0 Å². The van der Waals surface area contributed by atoms with Crippen LogP contribution in [0.15, 0.2) is 39.5 Å². The van der Waals surface area contributed by atoms with Gasteiger partial charge >= 0.3 is 11.6 Å². The maximum Gasteiger partial charge on any atom is 0.349 e. The second kappa shape index (κ2) is 7.16. The van der Waals surface area contributed by atoms with Crippen molar-refractivity contribution in [2.45, 2.75) is 38.6 Å². The Labute approximate surface area is 194 Å². The Bertz CT molecular complexity index is 1540. The summed E-state index contributed by atoms with van der Waals surface area (Å²) >= 11 is 0. The topological polar surface area (TPSA) is 88.7 Å². The van der Waals surface area contributed by atoms with Crippen LogP contribution in [0.3, 0.4) is 0 Å². The van der Waals surface area contributed by atoms with E-state index < -0.39 is 11.4 Å². The number of phenols is 1. The molecule has 0 amide bonds. The van der Waals surface area contributed by atoms with Crippen LogP contribution in [0.2, 0.25) is 0 Å². The van der Waals surface area contributed by atoms with Gasteiger partial charge in [-0.2, -0.15) is 9.97 Å². The van der Waals surface area contributed by atoms with Crippen molar-refractivity contribution in [3.05, 3.63) is 52.1 Å². The molecule has 1 aliphatic heterocycles. The summed E-state index contributed by atoms with van der Waals surface area (Å²) < 4.78 is 26.1. The molecule has 0 bridgehead atoms. The van der Waals surface area contributed by atoms with Gasteiger partial charge in [0, 0.05) is 28.6 Å². The first-order valence-electron chi connectivity index (χ1n) is 11.4. The van der Waals surface area contributed by atoms with Gasteiger partial charge in [0.2, 0.25) is 0 Å². The Hall–Kier alpha value is -3.68. The highest BCUT2D eigenvalue weighted by Gasteiger charge is 2.54. The van der Waals surface area contributed by atoms with Crippen molar-refractivity contribution in [2.24, 2.45) is 5.92 Å². The molecule has 0 radical (unpaired) electrons. The molecule has 2 aliphatic rings. The van der Waals surface area contributed by atoms with Gasteiger partial charge in [0.25, 0.3) is 0 Å². The molecule has 174 valence electrons. The number of halogens is 1. The molecule has 2 fully saturated rings. The van der Waals surface area contributed by atoms with E-state index in [-0.39, 0.29) is 34.0 Å². The number of aryl methyl sites for hydroxylation is 1. The average molecular weight is 461 g/mol. The predicted octanol–water partition coefficient (Wildman–Crippen LogP) is 4.94. The van der Waals surface area contributed by atoms with E-state index in [0.29, 0.717) is 33.6 Å². The second-order valence-corrected chi connectivity index (χ2v) is 9.58. The van der Waals surface area contributed by atoms with Crippen LogP contribution in [0.1, 0.15) is 31.7 Å². The van der Waals surface area contributed by atoms with Crippen molar-refractivity contribution < 1.29 is 18.7 Å². The van der Waals surface area contributed by atoms with Gasteiger partial charge in [0.05, 0.1) is 12.6 Å². The smallest absolute Gasteiger partial charge is 0.349 e. The molecular weight excluding hydrogens is 437 g/mol. The van der Waals surface area contributed by atoms with E-state index in [1.54, 1.807) is 19.1 Å². The Balaban J connectivity index is 1.66. The molecule has 2 aromatic carbocycles. The largest absolute Gasteiger partial charge is 0.508 e. The van der Waals surface area contributed by atoms with Gasteiger partial charge in [-0.25, -0.2) is 9.18 Å². The van der Waals surface area contributed by atoms with Crippen LogP contribution in [0.4, 0.5) is 10.2 Å². The number of methoxy groups -OCH3 is 1. The summed E-state index contributed by atoms with van der Waals surface area (Å²) in [6.07, 6.45) is 3.17. The van der Waals surface area contributed by atoms with Gasteiger partial charge in [-0.05, 0) is 55.7 Å². The minimum absolute atomic E-state index is 0.0231. The Morgan fingerprint density at radius 2 is 2.03 bits per heavy atom. The summed E-state index contributed by atoms with van der Waals surface area (Å²) in [6.45, 7) is 4.76. The van der Waals surface area contributed by atoms with E-state index in [4.69, 9.17) is 9.15 Å². The van der Waals surface area contributed by atoms with Crippen LogP contribution in [0, 0.1) is 18.7 Å². The van der Waals surface area contributed by atoms with Crippen molar-refractivity contribution in [1.82, 2.24) is 9.97 Å². The summed E-state index contributed by atoms with van der Waals surface area (Å²) in [5.41, 5.74) is 0.656. The maximum absolute atomic E-state index is 14.9. The highest BCUT2D eigenvalue weighted by molar-refractivity contribution is 6.01. The number of benzene rings is 2. The van der Waals surface area contributed by atoms with Crippen LogP contribution < -0.4 is 15.3 Å². The first-order chi connectivity index (χ1) is 16.3. The molecular formula is C26H24FN3O4. The Morgan fingerprint density at radius 1 is 1.24 bits per heavy atom. The lowest BCUT2D eigenvalue weighted by Crippen LogP contribution is -2.33. The third-order valence-corrected chi connectivity index (χ3v) is 7.18. The number of phenolic OH excluding ortho intramolecular Hbond substituents is 1. The molecule has 1 saturated heterocycles. The zero-order chi connectivity index (χ0) is 23.8. The molecule has 8 heteroatoms. The van der Waals surface area contributed by atoms with Crippen molar-refractivity contribution in [2.75, 3.05) is 18.6 Å². The average Bonchev–Trinajstić information content (AvgIpc) is 3.50. The number of rotatable bonds is 3. The van der Waals surface area contributed by atoms with Crippen LogP contribution in [-0.4, -0.2) is 34.3 Å². The molecule has 7 nitrogen and oxygen atoms in total. The molecule has 6 rings (SSSR count). The predicted molar refractivity (Wildman–Crippen MR) is 127 cm³/mol. The first kappa shape index (κ1) is 20.9. The normalized spacial score (nSPS) is 18.8. The third kappa shape index (κ3) is 2.97. The number of hydrogen-bond donors (Lipinski definition) is 1. The van der Waals surface area contributed by atoms with Gasteiger partial charge in [-0.3, -0.25) is 0 Å². The van der Waals surface area contributed by atoms with Gasteiger partial charge in [-0.1, -0.05) is 19.1 Å². The monoisotopic (exact) mass is 461 g/mol. The molecule has 1 atom stereocenters. The minimum Gasteiger partial charge on any atom is -0.508 e. The number of aromatic nitrogens is 2. The number of aromatic hydroxyl groups is 1. The quantitative estimate of drug-likeness (QED) is 0.462. The van der Waals surface area contributed by atoms with E-state index in [0.717, 1.165) is 25.8 Å². The number of nitrogens with zero attached hydrogens (tertiary/aromatic N) is 3. The third-order valence-electron chi connectivity index (χ3n) is 7.18. The number of hydrogen-bond acceptors (Lipinski definition) is 7. The molecule has 34 heavy (non-hydrogen) atoms. The summed E-state index contributed by atoms with van der Waals surface area (Å²) in [5, 5.41) is 11.4. The SMILES string of the molecule is COc1nc(N2CC(C)CC23CC3)c2c(=O)oc(-c3cc(O)cc4cccc(F)c34)c(C)c2n1. The molecule has 1 saturated carbocycles.